The number of carbonyl (C=O) groups is 1. The molecule has 0 bridgehead atoms. The van der Waals surface area contributed by atoms with Crippen LogP contribution in [0.15, 0.2) is 9.24 Å². The van der Waals surface area contributed by atoms with Crippen molar-refractivity contribution in [3.63, 3.8) is 0 Å². The van der Waals surface area contributed by atoms with Crippen molar-refractivity contribution >= 4 is 41.8 Å². The molecule has 2 N–H and O–H groups in total. The van der Waals surface area contributed by atoms with E-state index in [1.54, 1.807) is 0 Å². The highest BCUT2D eigenvalue weighted by Gasteiger charge is 2.05. The summed E-state index contributed by atoms with van der Waals surface area (Å²) < 4.78 is 4.47. The van der Waals surface area contributed by atoms with Crippen LogP contribution >= 0.6 is 35.9 Å². The Kier molecular flexibility index (Phi) is 3.16. The smallest absolute Gasteiger partial charge is 0.227 e. The standard InChI is InChI=1S/C4H5N3OS3/c5-2(8)1-10-4-3(9)6-7-11-4/h9H,1H2,(H2,5,8). The summed E-state index contributed by atoms with van der Waals surface area (Å²) in [5, 5.41) is 4.21. The van der Waals surface area contributed by atoms with E-state index in [1.165, 1.54) is 23.3 Å². The summed E-state index contributed by atoms with van der Waals surface area (Å²) in [5.74, 6) is -0.103. The molecule has 0 aliphatic heterocycles. The number of rotatable bonds is 3. The Morgan fingerprint density at radius 3 is 3.00 bits per heavy atom. The quantitative estimate of drug-likeness (QED) is 0.556. The third-order valence-electron chi connectivity index (χ3n) is 0.787. The third kappa shape index (κ3) is 2.68. The lowest BCUT2D eigenvalue weighted by molar-refractivity contribution is -0.115. The Morgan fingerprint density at radius 1 is 1.82 bits per heavy atom. The first-order valence-corrected chi connectivity index (χ1v) is 4.83. The van der Waals surface area contributed by atoms with Gasteiger partial charge < -0.3 is 5.73 Å². The van der Waals surface area contributed by atoms with Crippen LogP contribution in [-0.2, 0) is 4.79 Å². The van der Waals surface area contributed by atoms with E-state index in [0.717, 1.165) is 4.21 Å². The normalized spacial score (nSPS) is 9.91. The zero-order valence-electron chi connectivity index (χ0n) is 5.35. The lowest BCUT2D eigenvalue weighted by atomic mass is 10.8. The highest BCUT2D eigenvalue weighted by molar-refractivity contribution is 8.02. The van der Waals surface area contributed by atoms with Crippen molar-refractivity contribution in [2.45, 2.75) is 9.24 Å². The Hall–Kier alpha value is -0.270. The molecule has 1 aromatic heterocycles. The molecular formula is C4H5N3OS3. The van der Waals surface area contributed by atoms with Gasteiger partial charge in [-0.25, -0.2) is 0 Å². The summed E-state index contributed by atoms with van der Waals surface area (Å²) >= 11 is 6.53. The summed E-state index contributed by atoms with van der Waals surface area (Å²) in [4.78, 5) is 10.3. The van der Waals surface area contributed by atoms with Gasteiger partial charge in [0, 0.05) is 0 Å². The molecule has 4 nitrogen and oxygen atoms in total. The van der Waals surface area contributed by atoms with Gasteiger partial charge in [-0.15, -0.1) is 29.5 Å². The highest BCUT2D eigenvalue weighted by atomic mass is 32.2. The number of hydrogen-bond donors (Lipinski definition) is 2. The summed E-state index contributed by atoms with van der Waals surface area (Å²) in [6.45, 7) is 0. The number of nitrogens with two attached hydrogens (primary N) is 1. The molecule has 0 saturated carbocycles. The van der Waals surface area contributed by atoms with Gasteiger partial charge in [-0.2, -0.15) is 0 Å². The van der Waals surface area contributed by atoms with Gasteiger partial charge in [0.1, 0.15) is 9.24 Å². The fourth-order valence-electron chi connectivity index (χ4n) is 0.405. The predicted octanol–water partition coefficient (Wildman–Crippen LogP) is 0.404. The van der Waals surface area contributed by atoms with Crippen molar-refractivity contribution in [3.8, 4) is 0 Å². The maximum atomic E-state index is 10.3. The molecule has 0 saturated heterocycles. The van der Waals surface area contributed by atoms with Crippen LogP contribution in [0.1, 0.15) is 0 Å². The number of primary amides is 1. The summed E-state index contributed by atoms with van der Waals surface area (Å²) in [7, 11) is 0. The molecule has 60 valence electrons. The fourth-order valence-corrected chi connectivity index (χ4v) is 2.08. The average molecular weight is 207 g/mol. The average Bonchev–Trinajstić information content (AvgIpc) is 2.31. The van der Waals surface area contributed by atoms with Crippen molar-refractivity contribution in [2.75, 3.05) is 5.75 Å². The van der Waals surface area contributed by atoms with Gasteiger partial charge in [0.2, 0.25) is 5.91 Å². The molecule has 0 aromatic carbocycles. The van der Waals surface area contributed by atoms with Crippen LogP contribution in [0.4, 0.5) is 0 Å². The van der Waals surface area contributed by atoms with Crippen molar-refractivity contribution in [3.05, 3.63) is 0 Å². The third-order valence-corrected chi connectivity index (χ3v) is 3.39. The monoisotopic (exact) mass is 207 g/mol. The summed E-state index contributed by atoms with van der Waals surface area (Å²) in [5.41, 5.74) is 4.94. The van der Waals surface area contributed by atoms with Crippen LogP contribution < -0.4 is 5.73 Å². The molecule has 0 unspecified atom stereocenters. The molecule has 0 fully saturated rings. The van der Waals surface area contributed by atoms with Gasteiger partial charge in [0.15, 0.2) is 0 Å². The largest absolute Gasteiger partial charge is 0.369 e. The Balaban J connectivity index is 2.51. The second-order valence-corrected chi connectivity index (χ2v) is 4.06. The van der Waals surface area contributed by atoms with Crippen molar-refractivity contribution in [1.82, 2.24) is 9.59 Å². The van der Waals surface area contributed by atoms with E-state index in [4.69, 9.17) is 5.73 Å². The minimum absolute atomic E-state index is 0.247. The molecule has 1 aromatic rings. The first kappa shape index (κ1) is 8.82. The van der Waals surface area contributed by atoms with Gasteiger partial charge in [0.25, 0.3) is 0 Å². The molecule has 0 radical (unpaired) electrons. The first-order valence-electron chi connectivity index (χ1n) is 2.62. The summed E-state index contributed by atoms with van der Waals surface area (Å²) in [6, 6.07) is 0. The van der Waals surface area contributed by atoms with E-state index in [9.17, 15) is 4.79 Å². The van der Waals surface area contributed by atoms with E-state index in [-0.39, 0.29) is 11.7 Å². The maximum absolute atomic E-state index is 10.3. The van der Waals surface area contributed by atoms with Crippen molar-refractivity contribution in [2.24, 2.45) is 5.73 Å². The number of amides is 1. The van der Waals surface area contributed by atoms with E-state index in [2.05, 4.69) is 22.2 Å². The van der Waals surface area contributed by atoms with Crippen LogP contribution in [0, 0.1) is 0 Å². The van der Waals surface area contributed by atoms with Gasteiger partial charge in [0.05, 0.1) is 5.75 Å². The second kappa shape index (κ2) is 3.93. The Bertz CT molecular complexity index is 261. The minimum atomic E-state index is -0.351. The predicted molar refractivity (Wildman–Crippen MR) is 47.1 cm³/mol. The number of thioether (sulfide) groups is 1. The fraction of sp³-hybridized carbons (Fsp3) is 0.250. The van der Waals surface area contributed by atoms with Gasteiger partial charge >= 0.3 is 0 Å². The second-order valence-electron chi connectivity index (χ2n) is 1.64. The van der Waals surface area contributed by atoms with E-state index < -0.39 is 0 Å². The minimum Gasteiger partial charge on any atom is -0.369 e. The topological polar surface area (TPSA) is 68.9 Å². The molecule has 0 aliphatic rings. The molecular weight excluding hydrogens is 202 g/mol. The molecule has 7 heteroatoms. The number of carbonyl (C=O) groups excluding carboxylic acids is 1. The van der Waals surface area contributed by atoms with E-state index in [1.807, 2.05) is 0 Å². The number of hydrogen-bond acceptors (Lipinski definition) is 6. The molecule has 1 amide bonds. The molecule has 0 aliphatic carbocycles. The molecule has 0 atom stereocenters. The molecule has 1 heterocycles. The van der Waals surface area contributed by atoms with Crippen LogP contribution in [0.5, 0.6) is 0 Å². The Labute approximate surface area is 77.1 Å². The molecule has 1 rings (SSSR count). The van der Waals surface area contributed by atoms with E-state index in [0.29, 0.717) is 5.03 Å². The van der Waals surface area contributed by atoms with Crippen LogP contribution in [-0.4, -0.2) is 21.2 Å². The van der Waals surface area contributed by atoms with Gasteiger partial charge in [-0.1, -0.05) is 4.49 Å². The lowest BCUT2D eigenvalue weighted by Crippen LogP contribution is -2.12. The summed E-state index contributed by atoms with van der Waals surface area (Å²) in [6.07, 6.45) is 0. The SMILES string of the molecule is NC(=O)CSc1snnc1S. The molecule has 11 heavy (non-hydrogen) atoms. The van der Waals surface area contributed by atoms with Crippen LogP contribution in [0.3, 0.4) is 0 Å². The zero-order chi connectivity index (χ0) is 8.27. The number of aromatic nitrogens is 2. The highest BCUT2D eigenvalue weighted by Crippen LogP contribution is 2.26. The van der Waals surface area contributed by atoms with Gasteiger partial charge in [-0.05, 0) is 11.5 Å². The van der Waals surface area contributed by atoms with E-state index >= 15 is 0 Å². The molecule has 0 spiro atoms. The lowest BCUT2D eigenvalue weighted by Gasteiger charge is -1.91. The van der Waals surface area contributed by atoms with Crippen LogP contribution in [0.2, 0.25) is 0 Å². The van der Waals surface area contributed by atoms with Crippen molar-refractivity contribution in [1.29, 1.82) is 0 Å². The first-order chi connectivity index (χ1) is 5.20. The number of thiol groups is 1. The van der Waals surface area contributed by atoms with Crippen LogP contribution in [0.25, 0.3) is 0 Å². The maximum Gasteiger partial charge on any atom is 0.227 e. The zero-order valence-corrected chi connectivity index (χ0v) is 7.88. The Morgan fingerprint density at radius 2 is 2.55 bits per heavy atom. The van der Waals surface area contributed by atoms with Crippen molar-refractivity contribution < 1.29 is 4.79 Å². The van der Waals surface area contributed by atoms with Gasteiger partial charge in [-0.3, -0.25) is 4.79 Å². The number of nitrogens with zero attached hydrogens (tertiary/aromatic N) is 2.